The van der Waals surface area contributed by atoms with Crippen molar-refractivity contribution in [2.24, 2.45) is 0 Å². The molecule has 3 rings (SSSR count). The molecule has 0 bridgehead atoms. The van der Waals surface area contributed by atoms with Gasteiger partial charge in [0.1, 0.15) is 5.82 Å². The van der Waals surface area contributed by atoms with Gasteiger partial charge in [-0.25, -0.2) is 9.97 Å². The van der Waals surface area contributed by atoms with Gasteiger partial charge in [-0.15, -0.1) is 0 Å². The quantitative estimate of drug-likeness (QED) is 0.845. The molecule has 17 heavy (non-hydrogen) atoms. The highest BCUT2D eigenvalue weighted by molar-refractivity contribution is 5.09. The topological polar surface area (TPSA) is 42.7 Å². The van der Waals surface area contributed by atoms with Crippen LogP contribution in [0.15, 0.2) is 36.8 Å². The van der Waals surface area contributed by atoms with Crippen molar-refractivity contribution in [1.82, 2.24) is 19.9 Å². The molecule has 0 amide bonds. The fourth-order valence-electron chi connectivity index (χ4n) is 1.86. The van der Waals surface area contributed by atoms with E-state index in [-0.39, 0.29) is 0 Å². The van der Waals surface area contributed by atoms with E-state index in [1.807, 2.05) is 6.07 Å². The first kappa shape index (κ1) is 10.5. The van der Waals surface area contributed by atoms with Gasteiger partial charge >= 0.3 is 0 Å². The van der Waals surface area contributed by atoms with E-state index in [9.17, 15) is 0 Å². The third-order valence-corrected chi connectivity index (χ3v) is 3.00. The number of hydrogen-bond acceptors (Lipinski definition) is 3. The Bertz CT molecular complexity index is 473. The van der Waals surface area contributed by atoms with Crippen molar-refractivity contribution in [3.05, 3.63) is 48.3 Å². The van der Waals surface area contributed by atoms with Gasteiger partial charge < -0.3 is 9.88 Å². The van der Waals surface area contributed by atoms with Crippen LogP contribution in [0.4, 0.5) is 0 Å². The molecule has 1 saturated carbocycles. The van der Waals surface area contributed by atoms with Crippen LogP contribution in [-0.4, -0.2) is 20.6 Å². The summed E-state index contributed by atoms with van der Waals surface area (Å²) >= 11 is 0. The Morgan fingerprint density at radius 2 is 2.06 bits per heavy atom. The minimum atomic E-state index is 0.742. The van der Waals surface area contributed by atoms with Crippen LogP contribution < -0.4 is 5.32 Å². The number of hydrogen-bond donors (Lipinski definition) is 1. The molecular formula is C13H16N4. The predicted molar refractivity (Wildman–Crippen MR) is 65.4 cm³/mol. The molecule has 88 valence electrons. The van der Waals surface area contributed by atoms with Crippen LogP contribution in [0.3, 0.4) is 0 Å². The Labute approximate surface area is 101 Å². The highest BCUT2D eigenvalue weighted by Gasteiger charge is 2.20. The van der Waals surface area contributed by atoms with Crippen LogP contribution in [0.1, 0.15) is 24.4 Å². The zero-order chi connectivity index (χ0) is 11.5. The maximum absolute atomic E-state index is 4.25. The fourth-order valence-corrected chi connectivity index (χ4v) is 1.86. The minimum absolute atomic E-state index is 0.742. The smallest absolute Gasteiger partial charge is 0.147 e. The second-order valence-electron chi connectivity index (χ2n) is 4.45. The second-order valence-corrected chi connectivity index (χ2v) is 4.45. The van der Waals surface area contributed by atoms with Gasteiger partial charge in [0.2, 0.25) is 0 Å². The standard InChI is InChI=1S/C13H16N4/c1-3-12(9-16-11-4-5-11)17(8-1)10-13-14-6-2-7-15-13/h1-3,6-8,11,16H,4-5,9-10H2. The molecule has 0 aliphatic heterocycles. The monoisotopic (exact) mass is 228 g/mol. The molecule has 2 aromatic heterocycles. The van der Waals surface area contributed by atoms with E-state index in [0.717, 1.165) is 25.0 Å². The number of nitrogens with zero attached hydrogens (tertiary/aromatic N) is 3. The molecule has 0 atom stereocenters. The van der Waals surface area contributed by atoms with Crippen molar-refractivity contribution < 1.29 is 0 Å². The summed E-state index contributed by atoms with van der Waals surface area (Å²) in [5.41, 5.74) is 1.30. The summed E-state index contributed by atoms with van der Waals surface area (Å²) in [5.74, 6) is 0.858. The summed E-state index contributed by atoms with van der Waals surface area (Å²) in [7, 11) is 0. The summed E-state index contributed by atoms with van der Waals surface area (Å²) in [6.07, 6.45) is 8.30. The van der Waals surface area contributed by atoms with Gasteiger partial charge in [-0.1, -0.05) is 0 Å². The van der Waals surface area contributed by atoms with E-state index in [4.69, 9.17) is 0 Å². The normalized spacial score (nSPS) is 15.1. The summed E-state index contributed by atoms with van der Waals surface area (Å²) < 4.78 is 2.20. The van der Waals surface area contributed by atoms with E-state index >= 15 is 0 Å². The lowest BCUT2D eigenvalue weighted by molar-refractivity contribution is 0.625. The highest BCUT2D eigenvalue weighted by atomic mass is 15.1. The molecular weight excluding hydrogens is 212 g/mol. The zero-order valence-corrected chi connectivity index (χ0v) is 9.71. The average Bonchev–Trinajstić information content (AvgIpc) is 3.09. The predicted octanol–water partition coefficient (Wildman–Crippen LogP) is 1.58. The first-order valence-electron chi connectivity index (χ1n) is 6.05. The molecule has 1 N–H and O–H groups in total. The molecule has 1 aliphatic carbocycles. The van der Waals surface area contributed by atoms with Gasteiger partial charge in [0.05, 0.1) is 6.54 Å². The molecule has 0 aromatic carbocycles. The van der Waals surface area contributed by atoms with E-state index in [1.54, 1.807) is 12.4 Å². The van der Waals surface area contributed by atoms with Gasteiger partial charge in [-0.05, 0) is 31.0 Å². The van der Waals surface area contributed by atoms with E-state index in [0.29, 0.717) is 0 Å². The largest absolute Gasteiger partial charge is 0.343 e. The van der Waals surface area contributed by atoms with Gasteiger partial charge in [0.25, 0.3) is 0 Å². The first-order chi connectivity index (χ1) is 8.42. The van der Waals surface area contributed by atoms with Crippen molar-refractivity contribution >= 4 is 0 Å². The van der Waals surface area contributed by atoms with Crippen LogP contribution in [0, 0.1) is 0 Å². The van der Waals surface area contributed by atoms with Crippen molar-refractivity contribution in [1.29, 1.82) is 0 Å². The third kappa shape index (κ3) is 2.71. The zero-order valence-electron chi connectivity index (χ0n) is 9.71. The minimum Gasteiger partial charge on any atom is -0.343 e. The summed E-state index contributed by atoms with van der Waals surface area (Å²) in [4.78, 5) is 8.50. The SMILES string of the molecule is c1cnc(Cn2cccc2CNC2CC2)nc1. The lowest BCUT2D eigenvalue weighted by Gasteiger charge is -2.08. The Kier molecular flexibility index (Phi) is 2.88. The molecule has 4 nitrogen and oxygen atoms in total. The molecule has 1 fully saturated rings. The number of nitrogens with one attached hydrogen (secondary N) is 1. The van der Waals surface area contributed by atoms with Crippen LogP contribution in [0.5, 0.6) is 0 Å². The summed E-state index contributed by atoms with van der Waals surface area (Å²) in [6, 6.07) is 6.81. The van der Waals surface area contributed by atoms with Crippen molar-refractivity contribution in [3.8, 4) is 0 Å². The summed E-state index contributed by atoms with van der Waals surface area (Å²) in [5, 5.41) is 3.52. The lowest BCUT2D eigenvalue weighted by atomic mass is 10.4. The molecule has 4 heteroatoms. The fraction of sp³-hybridized carbons (Fsp3) is 0.385. The van der Waals surface area contributed by atoms with Crippen LogP contribution in [0.25, 0.3) is 0 Å². The Hall–Kier alpha value is -1.68. The van der Waals surface area contributed by atoms with Crippen LogP contribution >= 0.6 is 0 Å². The molecule has 1 aliphatic rings. The van der Waals surface area contributed by atoms with E-state index in [1.165, 1.54) is 18.5 Å². The van der Waals surface area contributed by atoms with Gasteiger partial charge in [-0.3, -0.25) is 0 Å². The van der Waals surface area contributed by atoms with Gasteiger partial charge in [-0.2, -0.15) is 0 Å². The van der Waals surface area contributed by atoms with E-state index < -0.39 is 0 Å². The third-order valence-electron chi connectivity index (χ3n) is 3.00. The Morgan fingerprint density at radius 3 is 2.82 bits per heavy atom. The average molecular weight is 228 g/mol. The van der Waals surface area contributed by atoms with Crippen LogP contribution in [0.2, 0.25) is 0 Å². The van der Waals surface area contributed by atoms with Crippen LogP contribution in [-0.2, 0) is 13.1 Å². The van der Waals surface area contributed by atoms with E-state index in [2.05, 4.69) is 38.2 Å². The molecule has 2 aromatic rings. The maximum Gasteiger partial charge on any atom is 0.147 e. The number of rotatable bonds is 5. The Morgan fingerprint density at radius 1 is 1.24 bits per heavy atom. The first-order valence-corrected chi connectivity index (χ1v) is 6.05. The highest BCUT2D eigenvalue weighted by Crippen LogP contribution is 2.19. The van der Waals surface area contributed by atoms with Crippen molar-refractivity contribution in [2.45, 2.75) is 32.0 Å². The lowest BCUT2D eigenvalue weighted by Crippen LogP contribution is -2.18. The molecule has 0 spiro atoms. The molecule has 2 heterocycles. The maximum atomic E-state index is 4.25. The summed E-state index contributed by atoms with van der Waals surface area (Å²) in [6.45, 7) is 1.68. The Balaban J connectivity index is 1.67. The van der Waals surface area contributed by atoms with Crippen molar-refractivity contribution in [3.63, 3.8) is 0 Å². The molecule has 0 radical (unpaired) electrons. The molecule has 0 saturated heterocycles. The van der Waals surface area contributed by atoms with Crippen molar-refractivity contribution in [2.75, 3.05) is 0 Å². The molecule has 0 unspecified atom stereocenters. The van der Waals surface area contributed by atoms with Gasteiger partial charge in [0, 0.05) is 36.9 Å². The number of aromatic nitrogens is 3. The second kappa shape index (κ2) is 4.67. The van der Waals surface area contributed by atoms with Gasteiger partial charge in [0.15, 0.2) is 0 Å².